The smallest absolute Gasteiger partial charge is 0.119 e. The topological polar surface area (TPSA) is 51.2 Å². The zero-order chi connectivity index (χ0) is 27.5. The molecule has 0 aromatic heterocycles. The van der Waals surface area contributed by atoms with Crippen LogP contribution in [0.25, 0.3) is 0 Å². The molecule has 0 aliphatic heterocycles. The van der Waals surface area contributed by atoms with Crippen LogP contribution in [0.2, 0.25) is 0 Å². The maximum atomic E-state index is 11.0. The van der Waals surface area contributed by atoms with Gasteiger partial charge in [-0.3, -0.25) is 4.90 Å². The average molecular weight is 526 g/mol. The van der Waals surface area contributed by atoms with Crippen molar-refractivity contribution >= 4 is 0 Å². The Kier molecular flexibility index (Phi) is 10.4. The van der Waals surface area contributed by atoms with Gasteiger partial charge in [-0.15, -0.1) is 0 Å². The van der Waals surface area contributed by atoms with Crippen molar-refractivity contribution in [2.75, 3.05) is 27.4 Å². The fourth-order valence-corrected chi connectivity index (χ4v) is 4.88. The zero-order valence-corrected chi connectivity index (χ0v) is 23.1. The summed E-state index contributed by atoms with van der Waals surface area (Å²) in [5, 5.41) is 11.0. The third-order valence-corrected chi connectivity index (χ3v) is 7.10. The average Bonchev–Trinajstić information content (AvgIpc) is 2.99. The third kappa shape index (κ3) is 8.34. The summed E-state index contributed by atoms with van der Waals surface area (Å²) < 4.78 is 16.7. The predicted octanol–water partition coefficient (Wildman–Crippen LogP) is 6.56. The molecule has 0 spiro atoms. The van der Waals surface area contributed by atoms with Crippen molar-refractivity contribution in [1.82, 2.24) is 4.90 Å². The van der Waals surface area contributed by atoms with Crippen LogP contribution in [0.5, 0.6) is 17.2 Å². The minimum absolute atomic E-state index is 0.160. The Morgan fingerprint density at radius 3 is 1.69 bits per heavy atom. The lowest BCUT2D eigenvalue weighted by Gasteiger charge is -2.34. The van der Waals surface area contributed by atoms with Crippen molar-refractivity contribution in [2.45, 2.75) is 38.0 Å². The van der Waals surface area contributed by atoms with E-state index in [9.17, 15) is 5.11 Å². The highest BCUT2D eigenvalue weighted by molar-refractivity contribution is 5.38. The molecular weight excluding hydrogens is 486 g/mol. The summed E-state index contributed by atoms with van der Waals surface area (Å²) in [5.41, 5.74) is 3.66. The quantitative estimate of drug-likeness (QED) is 0.202. The number of hydrogen-bond acceptors (Lipinski definition) is 5. The highest BCUT2D eigenvalue weighted by atomic mass is 16.5. The van der Waals surface area contributed by atoms with Crippen molar-refractivity contribution in [1.29, 1.82) is 0 Å². The Balaban J connectivity index is 1.55. The molecule has 0 aliphatic rings. The Morgan fingerprint density at radius 1 is 0.667 bits per heavy atom. The molecule has 39 heavy (non-hydrogen) atoms. The van der Waals surface area contributed by atoms with Gasteiger partial charge in [0.05, 0.1) is 14.2 Å². The molecule has 0 heterocycles. The molecule has 2 atom stereocenters. The molecule has 0 unspecified atom stereocenters. The maximum Gasteiger partial charge on any atom is 0.119 e. The van der Waals surface area contributed by atoms with Gasteiger partial charge in [-0.05, 0) is 66.4 Å². The number of nitrogens with zero attached hydrogens (tertiary/aromatic N) is 1. The van der Waals surface area contributed by atoms with Gasteiger partial charge in [-0.2, -0.15) is 0 Å². The molecule has 0 aliphatic carbocycles. The van der Waals surface area contributed by atoms with Crippen molar-refractivity contribution in [3.8, 4) is 17.2 Å². The number of hydrogen-bond donors (Lipinski definition) is 1. The van der Waals surface area contributed by atoms with E-state index < -0.39 is 6.10 Å². The Hall–Kier alpha value is -3.80. The van der Waals surface area contributed by atoms with Gasteiger partial charge >= 0.3 is 0 Å². The van der Waals surface area contributed by atoms with E-state index in [0.29, 0.717) is 6.54 Å². The van der Waals surface area contributed by atoms with Crippen LogP contribution in [0.4, 0.5) is 0 Å². The molecule has 4 aromatic carbocycles. The summed E-state index contributed by atoms with van der Waals surface area (Å²) in [6, 6.07) is 36.9. The molecule has 5 nitrogen and oxygen atoms in total. The SMILES string of the molecule is COc1ccc(C(C[C@@H](C)N(Cc2ccccc2)C[C@H](O)COc2ccccc2)c2ccc(OC)cc2)cc1. The van der Waals surface area contributed by atoms with Crippen LogP contribution in [0, 0.1) is 0 Å². The van der Waals surface area contributed by atoms with Gasteiger partial charge in [0.1, 0.15) is 30.0 Å². The molecule has 5 heteroatoms. The highest BCUT2D eigenvalue weighted by Gasteiger charge is 2.24. The number of rotatable bonds is 14. The monoisotopic (exact) mass is 525 g/mol. The molecule has 0 saturated carbocycles. The summed E-state index contributed by atoms with van der Waals surface area (Å²) >= 11 is 0. The molecule has 0 bridgehead atoms. The van der Waals surface area contributed by atoms with Crippen LogP contribution < -0.4 is 14.2 Å². The van der Waals surface area contributed by atoms with Crippen molar-refractivity contribution < 1.29 is 19.3 Å². The largest absolute Gasteiger partial charge is 0.497 e. The highest BCUT2D eigenvalue weighted by Crippen LogP contribution is 2.33. The van der Waals surface area contributed by atoms with Gasteiger partial charge < -0.3 is 19.3 Å². The van der Waals surface area contributed by atoms with Crippen molar-refractivity contribution in [3.63, 3.8) is 0 Å². The van der Waals surface area contributed by atoms with Crippen LogP contribution in [-0.4, -0.2) is 49.5 Å². The Bertz CT molecular complexity index is 1180. The summed E-state index contributed by atoms with van der Waals surface area (Å²) in [6.07, 6.45) is 0.245. The molecule has 0 radical (unpaired) electrons. The first kappa shape index (κ1) is 28.2. The van der Waals surface area contributed by atoms with Crippen LogP contribution >= 0.6 is 0 Å². The first-order chi connectivity index (χ1) is 19.1. The van der Waals surface area contributed by atoms with Gasteiger partial charge in [0.15, 0.2) is 0 Å². The lowest BCUT2D eigenvalue weighted by atomic mass is 9.85. The third-order valence-electron chi connectivity index (χ3n) is 7.10. The minimum atomic E-state index is -0.628. The second kappa shape index (κ2) is 14.4. The Morgan fingerprint density at radius 2 is 1.18 bits per heavy atom. The van der Waals surface area contributed by atoms with E-state index in [1.807, 2.05) is 60.7 Å². The van der Waals surface area contributed by atoms with E-state index in [1.165, 1.54) is 16.7 Å². The number of aliphatic hydroxyl groups is 1. The molecule has 0 amide bonds. The first-order valence-electron chi connectivity index (χ1n) is 13.5. The van der Waals surface area contributed by atoms with Gasteiger partial charge in [0, 0.05) is 25.0 Å². The van der Waals surface area contributed by atoms with Gasteiger partial charge in [0.25, 0.3) is 0 Å². The van der Waals surface area contributed by atoms with Crippen molar-refractivity contribution in [2.24, 2.45) is 0 Å². The summed E-state index contributed by atoms with van der Waals surface area (Å²) in [4.78, 5) is 2.36. The van der Waals surface area contributed by atoms with Crippen LogP contribution in [0.1, 0.15) is 36.0 Å². The van der Waals surface area contributed by atoms with E-state index in [0.717, 1.165) is 30.2 Å². The second-order valence-corrected chi connectivity index (χ2v) is 9.88. The summed E-state index contributed by atoms with van der Waals surface area (Å²) in [7, 11) is 3.37. The number of benzene rings is 4. The van der Waals surface area contributed by atoms with Gasteiger partial charge in [-0.25, -0.2) is 0 Å². The van der Waals surface area contributed by atoms with E-state index in [4.69, 9.17) is 14.2 Å². The van der Waals surface area contributed by atoms with Crippen LogP contribution in [0.3, 0.4) is 0 Å². The molecule has 1 N–H and O–H groups in total. The van der Waals surface area contributed by atoms with Crippen molar-refractivity contribution in [3.05, 3.63) is 126 Å². The van der Waals surface area contributed by atoms with E-state index in [-0.39, 0.29) is 18.6 Å². The lowest BCUT2D eigenvalue weighted by molar-refractivity contribution is 0.0490. The minimum Gasteiger partial charge on any atom is -0.497 e. The lowest BCUT2D eigenvalue weighted by Crippen LogP contribution is -2.41. The second-order valence-electron chi connectivity index (χ2n) is 9.88. The number of methoxy groups -OCH3 is 2. The first-order valence-corrected chi connectivity index (χ1v) is 13.5. The number of para-hydroxylation sites is 1. The molecule has 4 rings (SSSR count). The van der Waals surface area contributed by atoms with E-state index in [1.54, 1.807) is 14.2 Å². The Labute approximate surface area is 232 Å². The van der Waals surface area contributed by atoms with E-state index >= 15 is 0 Å². The van der Waals surface area contributed by atoms with Crippen LogP contribution in [-0.2, 0) is 6.54 Å². The van der Waals surface area contributed by atoms with Gasteiger partial charge in [0.2, 0.25) is 0 Å². The fourth-order valence-electron chi connectivity index (χ4n) is 4.88. The molecule has 0 fully saturated rings. The number of ether oxygens (including phenoxy) is 3. The molecular formula is C34H39NO4. The maximum absolute atomic E-state index is 11.0. The zero-order valence-electron chi connectivity index (χ0n) is 23.1. The molecule has 204 valence electrons. The fraction of sp³-hybridized carbons (Fsp3) is 0.294. The predicted molar refractivity (Wildman–Crippen MR) is 157 cm³/mol. The molecule has 0 saturated heterocycles. The van der Waals surface area contributed by atoms with Gasteiger partial charge in [-0.1, -0.05) is 72.8 Å². The number of aliphatic hydroxyl groups excluding tert-OH is 1. The summed E-state index contributed by atoms with van der Waals surface area (Å²) in [5.74, 6) is 2.60. The normalized spacial score (nSPS) is 12.8. The van der Waals surface area contributed by atoms with E-state index in [2.05, 4.69) is 60.4 Å². The standard InChI is InChI=1S/C34H39NO4/c1-26(22-34(28-14-18-31(37-2)19-15-28)29-16-20-32(38-3)21-17-29)35(23-27-10-6-4-7-11-27)24-30(36)25-39-33-12-8-5-9-13-33/h4-21,26,30,34,36H,22-25H2,1-3H3/t26-,30+/m1/s1. The molecule has 4 aromatic rings. The van der Waals surface area contributed by atoms with Crippen LogP contribution in [0.15, 0.2) is 109 Å². The summed E-state index contributed by atoms with van der Waals surface area (Å²) in [6.45, 7) is 3.72.